The minimum Gasteiger partial charge on any atom is -0.497 e. The van der Waals surface area contributed by atoms with E-state index in [9.17, 15) is 9.90 Å². The number of hydrogen-bond acceptors (Lipinski definition) is 4. The van der Waals surface area contributed by atoms with Gasteiger partial charge in [0, 0.05) is 13.1 Å². The van der Waals surface area contributed by atoms with Crippen LogP contribution < -0.4 is 4.74 Å². The number of nitrogens with zero attached hydrogens (tertiary/aromatic N) is 1. The van der Waals surface area contributed by atoms with Crippen LogP contribution >= 0.6 is 0 Å². The van der Waals surface area contributed by atoms with Crippen molar-refractivity contribution >= 4 is 6.29 Å². The Labute approximate surface area is 107 Å². The SMILES string of the molecule is COc1ccc(CN2CC(O)CCC2C=O)cc1. The lowest BCUT2D eigenvalue weighted by Gasteiger charge is -2.35. The molecule has 1 aromatic carbocycles. The first-order valence-corrected chi connectivity index (χ1v) is 6.23. The maximum Gasteiger partial charge on any atom is 0.137 e. The maximum absolute atomic E-state index is 11.0. The van der Waals surface area contributed by atoms with Crippen molar-refractivity contribution in [2.24, 2.45) is 0 Å². The lowest BCUT2D eigenvalue weighted by molar-refractivity contribution is -0.115. The Hall–Kier alpha value is -1.39. The molecule has 1 aromatic rings. The first kappa shape index (κ1) is 13.1. The van der Waals surface area contributed by atoms with E-state index >= 15 is 0 Å². The summed E-state index contributed by atoms with van der Waals surface area (Å²) >= 11 is 0. The van der Waals surface area contributed by atoms with E-state index in [-0.39, 0.29) is 12.1 Å². The zero-order chi connectivity index (χ0) is 13.0. The highest BCUT2D eigenvalue weighted by molar-refractivity contribution is 5.57. The molecule has 1 aliphatic rings. The summed E-state index contributed by atoms with van der Waals surface area (Å²) < 4.78 is 5.11. The number of piperidine rings is 1. The average Bonchev–Trinajstić information content (AvgIpc) is 2.40. The normalized spacial score (nSPS) is 24.8. The van der Waals surface area contributed by atoms with Gasteiger partial charge in [0.2, 0.25) is 0 Å². The topological polar surface area (TPSA) is 49.8 Å². The molecule has 1 N–H and O–H groups in total. The summed E-state index contributed by atoms with van der Waals surface area (Å²) in [7, 11) is 1.64. The van der Waals surface area contributed by atoms with Crippen LogP contribution in [0.1, 0.15) is 18.4 Å². The van der Waals surface area contributed by atoms with E-state index in [4.69, 9.17) is 4.74 Å². The van der Waals surface area contributed by atoms with Gasteiger partial charge in [-0.05, 0) is 30.5 Å². The fraction of sp³-hybridized carbons (Fsp3) is 0.500. The molecule has 0 bridgehead atoms. The van der Waals surface area contributed by atoms with Gasteiger partial charge in [-0.25, -0.2) is 0 Å². The number of aliphatic hydroxyl groups excluding tert-OH is 1. The summed E-state index contributed by atoms with van der Waals surface area (Å²) in [5.74, 6) is 0.823. The number of rotatable bonds is 4. The molecule has 0 radical (unpaired) electrons. The Morgan fingerprint density at radius 2 is 2.11 bits per heavy atom. The van der Waals surface area contributed by atoms with E-state index < -0.39 is 0 Å². The van der Waals surface area contributed by atoms with Crippen molar-refractivity contribution < 1.29 is 14.6 Å². The van der Waals surface area contributed by atoms with Gasteiger partial charge in [-0.15, -0.1) is 0 Å². The molecule has 0 aliphatic carbocycles. The van der Waals surface area contributed by atoms with Crippen molar-refractivity contribution in [2.75, 3.05) is 13.7 Å². The first-order valence-electron chi connectivity index (χ1n) is 6.23. The van der Waals surface area contributed by atoms with Gasteiger partial charge >= 0.3 is 0 Å². The highest BCUT2D eigenvalue weighted by Gasteiger charge is 2.26. The van der Waals surface area contributed by atoms with Crippen LogP contribution in [0.25, 0.3) is 0 Å². The molecule has 0 amide bonds. The number of ether oxygens (including phenoxy) is 1. The minimum absolute atomic E-state index is 0.0736. The summed E-state index contributed by atoms with van der Waals surface area (Å²) in [5.41, 5.74) is 1.12. The Kier molecular flexibility index (Phi) is 4.33. The number of β-amino-alcohol motifs (C(OH)–C–C–N with tert-alkyl or cyclic N) is 1. The van der Waals surface area contributed by atoms with Crippen molar-refractivity contribution in [3.05, 3.63) is 29.8 Å². The van der Waals surface area contributed by atoms with Crippen molar-refractivity contribution in [1.82, 2.24) is 4.90 Å². The van der Waals surface area contributed by atoms with Gasteiger partial charge in [0.05, 0.1) is 19.3 Å². The number of aldehydes is 1. The average molecular weight is 249 g/mol. The van der Waals surface area contributed by atoms with Gasteiger partial charge in [0.25, 0.3) is 0 Å². The largest absolute Gasteiger partial charge is 0.497 e. The second-order valence-corrected chi connectivity index (χ2v) is 4.71. The van der Waals surface area contributed by atoms with E-state index in [1.54, 1.807) is 7.11 Å². The minimum atomic E-state index is -0.320. The number of aliphatic hydroxyl groups is 1. The van der Waals surface area contributed by atoms with Crippen molar-refractivity contribution in [3.8, 4) is 5.75 Å². The van der Waals surface area contributed by atoms with Crippen LogP contribution in [0.4, 0.5) is 0 Å². The Morgan fingerprint density at radius 3 is 2.72 bits per heavy atom. The molecule has 4 heteroatoms. The van der Waals surface area contributed by atoms with Gasteiger partial charge in [0.1, 0.15) is 12.0 Å². The zero-order valence-electron chi connectivity index (χ0n) is 10.6. The molecule has 0 saturated carbocycles. The molecule has 2 unspecified atom stereocenters. The van der Waals surface area contributed by atoms with E-state index in [1.807, 2.05) is 29.2 Å². The predicted molar refractivity (Wildman–Crippen MR) is 68.5 cm³/mol. The highest BCUT2D eigenvalue weighted by Crippen LogP contribution is 2.20. The van der Waals surface area contributed by atoms with Gasteiger partial charge in [0.15, 0.2) is 0 Å². The zero-order valence-corrected chi connectivity index (χ0v) is 10.6. The molecular weight excluding hydrogens is 230 g/mol. The molecule has 1 heterocycles. The molecule has 2 rings (SSSR count). The number of carbonyl (C=O) groups is 1. The third-order valence-corrected chi connectivity index (χ3v) is 3.41. The number of likely N-dealkylation sites (tertiary alicyclic amines) is 1. The van der Waals surface area contributed by atoms with Crippen molar-refractivity contribution in [3.63, 3.8) is 0 Å². The summed E-state index contributed by atoms with van der Waals surface area (Å²) in [4.78, 5) is 13.1. The Bertz CT molecular complexity index is 391. The van der Waals surface area contributed by atoms with Crippen molar-refractivity contribution in [1.29, 1.82) is 0 Å². The predicted octanol–water partition coefficient (Wildman–Crippen LogP) is 1.22. The number of benzene rings is 1. The summed E-state index contributed by atoms with van der Waals surface area (Å²) in [6.07, 6.45) is 2.11. The molecule has 1 fully saturated rings. The first-order chi connectivity index (χ1) is 8.72. The van der Waals surface area contributed by atoms with Crippen LogP contribution in [0.3, 0.4) is 0 Å². The molecular formula is C14H19NO3. The van der Waals surface area contributed by atoms with Gasteiger partial charge in [-0.2, -0.15) is 0 Å². The van der Waals surface area contributed by atoms with Crippen molar-refractivity contribution in [2.45, 2.75) is 31.5 Å². The lowest BCUT2D eigenvalue weighted by Crippen LogP contribution is -2.45. The monoisotopic (exact) mass is 249 g/mol. The van der Waals surface area contributed by atoms with Crippen LogP contribution in [0, 0.1) is 0 Å². The fourth-order valence-corrected chi connectivity index (χ4v) is 2.34. The molecule has 1 saturated heterocycles. The number of carbonyl (C=O) groups excluding carboxylic acids is 1. The number of methoxy groups -OCH3 is 1. The quantitative estimate of drug-likeness (QED) is 0.815. The summed E-state index contributed by atoms with van der Waals surface area (Å²) in [5, 5.41) is 9.68. The van der Waals surface area contributed by atoms with Gasteiger partial charge in [-0.3, -0.25) is 4.90 Å². The Morgan fingerprint density at radius 1 is 1.39 bits per heavy atom. The van der Waals surface area contributed by atoms with E-state index in [2.05, 4.69) is 0 Å². The van der Waals surface area contributed by atoms with Crippen LogP contribution in [-0.2, 0) is 11.3 Å². The van der Waals surface area contributed by atoms with Crippen LogP contribution in [0.2, 0.25) is 0 Å². The summed E-state index contributed by atoms with van der Waals surface area (Å²) in [6, 6.07) is 7.72. The van der Waals surface area contributed by atoms with E-state index in [0.29, 0.717) is 19.5 Å². The Balaban J connectivity index is 2.03. The highest BCUT2D eigenvalue weighted by atomic mass is 16.5. The smallest absolute Gasteiger partial charge is 0.137 e. The molecule has 2 atom stereocenters. The van der Waals surface area contributed by atoms with Gasteiger partial charge < -0.3 is 14.6 Å². The molecule has 1 aliphatic heterocycles. The second kappa shape index (κ2) is 5.98. The molecule has 98 valence electrons. The molecule has 0 spiro atoms. The van der Waals surface area contributed by atoms with Crippen LogP contribution in [0.15, 0.2) is 24.3 Å². The standard InChI is InChI=1S/C14H19NO3/c1-18-14-6-2-11(3-7-14)8-15-9-13(17)5-4-12(15)10-16/h2-3,6-7,10,12-13,17H,4-5,8-9H2,1H3. The molecule has 4 nitrogen and oxygen atoms in total. The molecule has 18 heavy (non-hydrogen) atoms. The molecule has 0 aromatic heterocycles. The summed E-state index contributed by atoms with van der Waals surface area (Å²) in [6.45, 7) is 1.25. The van der Waals surface area contributed by atoms with E-state index in [0.717, 1.165) is 24.0 Å². The van der Waals surface area contributed by atoms with E-state index in [1.165, 1.54) is 0 Å². The third kappa shape index (κ3) is 3.09. The maximum atomic E-state index is 11.0. The van der Waals surface area contributed by atoms with Crippen LogP contribution in [-0.4, -0.2) is 42.1 Å². The van der Waals surface area contributed by atoms with Gasteiger partial charge in [-0.1, -0.05) is 12.1 Å². The lowest BCUT2D eigenvalue weighted by atomic mass is 10.0. The van der Waals surface area contributed by atoms with Crippen LogP contribution in [0.5, 0.6) is 5.75 Å². The third-order valence-electron chi connectivity index (χ3n) is 3.41. The number of hydrogen-bond donors (Lipinski definition) is 1. The fourth-order valence-electron chi connectivity index (χ4n) is 2.34. The second-order valence-electron chi connectivity index (χ2n) is 4.71.